The van der Waals surface area contributed by atoms with Gasteiger partial charge in [-0.3, -0.25) is 14.9 Å². The number of alkyl halides is 3. The molecule has 0 aliphatic carbocycles. The number of aromatic nitrogens is 2. The molecule has 12 heteroatoms. The third-order valence-electron chi connectivity index (χ3n) is 5.65. The summed E-state index contributed by atoms with van der Waals surface area (Å²) in [7, 11) is 1.33. The lowest BCUT2D eigenvalue weighted by molar-refractivity contribution is -0.386. The molecule has 40 heavy (non-hydrogen) atoms. The lowest BCUT2D eigenvalue weighted by Gasteiger charge is -2.20. The van der Waals surface area contributed by atoms with Crippen LogP contribution in [-0.2, 0) is 6.18 Å². The SMILES string of the molecule is COc1cc(C=Nn2c(-c3cccc(C(F)(F)F)c3)nc3ccccc3c2=O)cc([N+](=O)[O-])c1OCC(C)(C)C. The van der Waals surface area contributed by atoms with Crippen molar-refractivity contribution in [3.05, 3.63) is 92.3 Å². The molecule has 0 fully saturated rings. The van der Waals surface area contributed by atoms with Crippen LogP contribution >= 0.6 is 0 Å². The van der Waals surface area contributed by atoms with E-state index in [9.17, 15) is 28.1 Å². The molecule has 0 N–H and O–H groups in total. The first kappa shape index (κ1) is 28.3. The zero-order valence-corrected chi connectivity index (χ0v) is 22.0. The van der Waals surface area contributed by atoms with E-state index in [0.717, 1.165) is 23.0 Å². The minimum Gasteiger partial charge on any atom is -0.493 e. The summed E-state index contributed by atoms with van der Waals surface area (Å²) >= 11 is 0. The second-order valence-corrected chi connectivity index (χ2v) is 10.1. The van der Waals surface area contributed by atoms with Crippen LogP contribution in [0.15, 0.2) is 70.6 Å². The molecule has 0 unspecified atom stereocenters. The number of methoxy groups -OCH3 is 1. The Labute approximate surface area is 226 Å². The molecule has 9 nitrogen and oxygen atoms in total. The van der Waals surface area contributed by atoms with Crippen molar-refractivity contribution in [1.82, 2.24) is 9.66 Å². The topological polar surface area (TPSA) is 109 Å². The molecule has 208 valence electrons. The molecule has 0 atom stereocenters. The van der Waals surface area contributed by atoms with Crippen molar-refractivity contribution in [3.8, 4) is 22.9 Å². The minimum absolute atomic E-state index is 0.00400. The van der Waals surface area contributed by atoms with Gasteiger partial charge in [0.1, 0.15) is 0 Å². The molecule has 0 amide bonds. The van der Waals surface area contributed by atoms with Gasteiger partial charge in [0.15, 0.2) is 11.6 Å². The Balaban J connectivity index is 1.88. The summed E-state index contributed by atoms with van der Waals surface area (Å²) in [6.07, 6.45) is -3.45. The first-order chi connectivity index (χ1) is 18.8. The van der Waals surface area contributed by atoms with Crippen molar-refractivity contribution in [2.45, 2.75) is 26.9 Å². The van der Waals surface area contributed by atoms with Crippen LogP contribution < -0.4 is 15.0 Å². The second kappa shape index (κ2) is 10.8. The average Bonchev–Trinajstić information content (AvgIpc) is 2.90. The van der Waals surface area contributed by atoms with Crippen molar-refractivity contribution in [1.29, 1.82) is 0 Å². The predicted octanol–water partition coefficient (Wildman–Crippen LogP) is 6.31. The number of halogens is 3. The summed E-state index contributed by atoms with van der Waals surface area (Å²) in [6, 6.07) is 13.4. The Kier molecular flexibility index (Phi) is 7.63. The van der Waals surface area contributed by atoms with Crippen LogP contribution in [0.25, 0.3) is 22.3 Å². The summed E-state index contributed by atoms with van der Waals surface area (Å²) in [5.41, 5.74) is -1.78. The van der Waals surface area contributed by atoms with Gasteiger partial charge in [-0.05, 0) is 35.7 Å². The number of hydrogen-bond acceptors (Lipinski definition) is 7. The van der Waals surface area contributed by atoms with E-state index in [1.807, 2.05) is 20.8 Å². The molecule has 1 aromatic heterocycles. The second-order valence-electron chi connectivity index (χ2n) is 10.1. The maximum Gasteiger partial charge on any atom is 0.416 e. The highest BCUT2D eigenvalue weighted by molar-refractivity contribution is 5.84. The molecule has 4 aromatic rings. The van der Waals surface area contributed by atoms with E-state index < -0.39 is 22.2 Å². The van der Waals surface area contributed by atoms with Gasteiger partial charge in [0.25, 0.3) is 5.56 Å². The zero-order valence-electron chi connectivity index (χ0n) is 22.0. The highest BCUT2D eigenvalue weighted by Crippen LogP contribution is 2.39. The number of ether oxygens (including phenoxy) is 2. The largest absolute Gasteiger partial charge is 0.493 e. The smallest absolute Gasteiger partial charge is 0.416 e. The molecule has 0 saturated carbocycles. The van der Waals surface area contributed by atoms with Crippen LogP contribution in [0.1, 0.15) is 31.9 Å². The number of rotatable bonds is 7. The number of nitro benzene ring substituents is 1. The highest BCUT2D eigenvalue weighted by atomic mass is 19.4. The average molecular weight is 555 g/mol. The molecule has 0 bridgehead atoms. The molecule has 3 aromatic carbocycles. The van der Waals surface area contributed by atoms with Gasteiger partial charge in [-0.15, -0.1) is 0 Å². The maximum absolute atomic E-state index is 13.4. The van der Waals surface area contributed by atoms with Crippen LogP contribution in [0.2, 0.25) is 0 Å². The first-order valence-electron chi connectivity index (χ1n) is 12.0. The summed E-state index contributed by atoms with van der Waals surface area (Å²) in [4.78, 5) is 29.0. The highest BCUT2D eigenvalue weighted by Gasteiger charge is 2.31. The summed E-state index contributed by atoms with van der Waals surface area (Å²) in [6.45, 7) is 5.90. The van der Waals surface area contributed by atoms with Gasteiger partial charge in [0.05, 0.1) is 41.3 Å². The molecular formula is C28H25F3N4O5. The quantitative estimate of drug-likeness (QED) is 0.151. The number of nitro groups is 1. The lowest BCUT2D eigenvalue weighted by atomic mass is 9.98. The third-order valence-corrected chi connectivity index (χ3v) is 5.65. The van der Waals surface area contributed by atoms with Gasteiger partial charge in [-0.25, -0.2) is 4.98 Å². The maximum atomic E-state index is 13.4. The van der Waals surface area contributed by atoms with E-state index >= 15 is 0 Å². The van der Waals surface area contributed by atoms with Gasteiger partial charge >= 0.3 is 11.9 Å². The van der Waals surface area contributed by atoms with Crippen LogP contribution in [0.5, 0.6) is 11.5 Å². The number of nitrogens with zero attached hydrogens (tertiary/aromatic N) is 4. The molecule has 0 saturated heterocycles. The molecule has 4 rings (SSSR count). The lowest BCUT2D eigenvalue weighted by Crippen LogP contribution is -2.20. The fourth-order valence-electron chi connectivity index (χ4n) is 3.78. The van der Waals surface area contributed by atoms with Gasteiger partial charge in [-0.1, -0.05) is 45.0 Å². The van der Waals surface area contributed by atoms with Gasteiger partial charge in [0.2, 0.25) is 5.75 Å². The standard InChI is InChI=1S/C28H25F3N4O5/c1-27(2,3)16-40-24-22(35(37)38)12-17(13-23(24)39-4)15-32-34-25(18-8-7-9-19(14-18)28(29,30)31)33-21-11-6-5-10-20(21)26(34)36/h5-15H,16H2,1-4H3. The summed E-state index contributed by atoms with van der Waals surface area (Å²) in [5, 5.41) is 16.2. The Bertz CT molecular complexity index is 1670. The third kappa shape index (κ3) is 6.11. The fraction of sp³-hybridized carbons (Fsp3) is 0.250. The predicted molar refractivity (Wildman–Crippen MR) is 144 cm³/mol. The van der Waals surface area contributed by atoms with Crippen LogP contribution in [0, 0.1) is 15.5 Å². The normalized spacial score (nSPS) is 12.2. The monoisotopic (exact) mass is 554 g/mol. The van der Waals surface area contributed by atoms with E-state index in [1.165, 1.54) is 37.4 Å². The van der Waals surface area contributed by atoms with Crippen molar-refractivity contribution in [3.63, 3.8) is 0 Å². The number of benzene rings is 3. The van der Waals surface area contributed by atoms with Gasteiger partial charge < -0.3 is 9.47 Å². The molecule has 0 radical (unpaired) electrons. The van der Waals surface area contributed by atoms with Crippen LogP contribution in [0.4, 0.5) is 18.9 Å². The summed E-state index contributed by atoms with van der Waals surface area (Å²) < 4.78 is 52.2. The van der Waals surface area contributed by atoms with Crippen molar-refractivity contribution >= 4 is 22.8 Å². The van der Waals surface area contributed by atoms with E-state index in [0.29, 0.717) is 0 Å². The van der Waals surface area contributed by atoms with Crippen molar-refractivity contribution in [2.75, 3.05) is 13.7 Å². The van der Waals surface area contributed by atoms with Gasteiger partial charge in [0, 0.05) is 17.2 Å². The number of para-hydroxylation sites is 1. The molecule has 1 heterocycles. The Hall–Kier alpha value is -4.74. The van der Waals surface area contributed by atoms with Crippen LogP contribution in [-0.4, -0.2) is 34.5 Å². The first-order valence-corrected chi connectivity index (χ1v) is 12.0. The number of hydrogen-bond donors (Lipinski definition) is 0. The van der Waals surface area contributed by atoms with E-state index in [1.54, 1.807) is 18.2 Å². The van der Waals surface area contributed by atoms with Gasteiger partial charge in [-0.2, -0.15) is 22.9 Å². The Morgan fingerprint density at radius 2 is 1.80 bits per heavy atom. The zero-order chi connectivity index (χ0) is 29.2. The van der Waals surface area contributed by atoms with Crippen molar-refractivity contribution < 1.29 is 27.6 Å². The van der Waals surface area contributed by atoms with E-state index in [-0.39, 0.29) is 57.1 Å². The molecule has 0 aliphatic rings. The molecule has 0 aliphatic heterocycles. The minimum atomic E-state index is -4.62. The van der Waals surface area contributed by atoms with E-state index in [2.05, 4.69) is 10.1 Å². The van der Waals surface area contributed by atoms with E-state index in [4.69, 9.17) is 9.47 Å². The summed E-state index contributed by atoms with van der Waals surface area (Å²) in [5.74, 6) is -0.131. The Morgan fingerprint density at radius 3 is 2.45 bits per heavy atom. The Morgan fingerprint density at radius 1 is 1.07 bits per heavy atom. The number of fused-ring (bicyclic) bond motifs is 1. The molecular weight excluding hydrogens is 529 g/mol. The van der Waals surface area contributed by atoms with Crippen molar-refractivity contribution in [2.24, 2.45) is 10.5 Å². The fourth-order valence-corrected chi connectivity index (χ4v) is 3.78. The molecule has 0 spiro atoms. The van der Waals surface area contributed by atoms with Crippen LogP contribution in [0.3, 0.4) is 0 Å².